The lowest BCUT2D eigenvalue weighted by Gasteiger charge is -2.51. The summed E-state index contributed by atoms with van der Waals surface area (Å²) in [6, 6.07) is 3.34. The Kier molecular flexibility index (Phi) is 2.77. The molecule has 5 heteroatoms. The molecule has 4 rings (SSSR count). The van der Waals surface area contributed by atoms with Crippen molar-refractivity contribution in [2.24, 2.45) is 5.41 Å². The second-order valence-electron chi connectivity index (χ2n) is 5.12. The van der Waals surface area contributed by atoms with Gasteiger partial charge in [-0.2, -0.15) is 4.73 Å². The van der Waals surface area contributed by atoms with Gasteiger partial charge in [-0.05, 0) is 6.42 Å². The lowest BCUT2D eigenvalue weighted by atomic mass is 9.84. The molecule has 0 atom stereocenters. The summed E-state index contributed by atoms with van der Waals surface area (Å²) in [5, 5.41) is 11.0. The van der Waals surface area contributed by atoms with Crippen molar-refractivity contribution in [2.45, 2.75) is 25.7 Å². The van der Waals surface area contributed by atoms with E-state index < -0.39 is 5.97 Å². The van der Waals surface area contributed by atoms with Gasteiger partial charge in [-0.3, -0.25) is 0 Å². The van der Waals surface area contributed by atoms with E-state index in [0.717, 1.165) is 23.1 Å². The van der Waals surface area contributed by atoms with E-state index in [0.29, 0.717) is 19.8 Å². The molecule has 0 saturated carbocycles. The van der Waals surface area contributed by atoms with Crippen LogP contribution < -0.4 is 4.73 Å². The molecule has 5 nitrogen and oxygen atoms in total. The number of rotatable bonds is 3. The minimum absolute atomic E-state index is 0.00370. The Morgan fingerprint density at radius 3 is 2.22 bits per heavy atom. The molecule has 1 aromatic heterocycles. The maximum Gasteiger partial charge on any atom is 0.312 e. The molecule has 3 aliphatic rings. The van der Waals surface area contributed by atoms with E-state index in [4.69, 9.17) is 14.2 Å². The predicted octanol–water partition coefficient (Wildman–Crippen LogP) is 1.29. The summed E-state index contributed by atoms with van der Waals surface area (Å²) >= 11 is 0. The third kappa shape index (κ3) is 1.79. The van der Waals surface area contributed by atoms with E-state index in [1.807, 2.05) is 0 Å². The quantitative estimate of drug-likeness (QED) is 0.600. The summed E-state index contributed by atoms with van der Waals surface area (Å²) < 4.78 is 18.1. The first-order valence-electron chi connectivity index (χ1n) is 6.29. The lowest BCUT2D eigenvalue weighted by Crippen LogP contribution is -2.58. The normalized spacial score (nSPS) is 34.7. The summed E-state index contributed by atoms with van der Waals surface area (Å²) in [4.78, 5) is 0. The van der Waals surface area contributed by atoms with Crippen LogP contribution in [0.4, 0.5) is 0 Å². The van der Waals surface area contributed by atoms with Crippen molar-refractivity contribution in [1.29, 1.82) is 0 Å². The van der Waals surface area contributed by atoms with Crippen molar-refractivity contribution in [3.8, 4) is 0 Å². The van der Waals surface area contributed by atoms with Crippen molar-refractivity contribution in [1.82, 2.24) is 0 Å². The molecule has 0 aliphatic carbocycles. The zero-order valence-electron chi connectivity index (χ0n) is 10.4. The van der Waals surface area contributed by atoms with E-state index in [1.165, 1.54) is 12.4 Å². The highest BCUT2D eigenvalue weighted by Gasteiger charge is 2.53. The first-order chi connectivity index (χ1) is 8.68. The van der Waals surface area contributed by atoms with Crippen LogP contribution in [0.25, 0.3) is 0 Å². The first-order valence-corrected chi connectivity index (χ1v) is 6.29. The monoisotopic (exact) mass is 251 g/mol. The Hall–Kier alpha value is -1.17. The van der Waals surface area contributed by atoms with Crippen LogP contribution in [0.5, 0.6) is 0 Å². The Morgan fingerprint density at radius 1 is 1.17 bits per heavy atom. The largest absolute Gasteiger partial charge is 0.619 e. The van der Waals surface area contributed by atoms with Crippen molar-refractivity contribution >= 4 is 0 Å². The topological polar surface area (TPSA) is 54.6 Å². The first kappa shape index (κ1) is 11.9. The van der Waals surface area contributed by atoms with Crippen molar-refractivity contribution in [3.63, 3.8) is 0 Å². The smallest absolute Gasteiger partial charge is 0.312 e. The van der Waals surface area contributed by atoms with E-state index in [2.05, 4.69) is 6.92 Å². The summed E-state index contributed by atoms with van der Waals surface area (Å²) in [6.45, 7) is 4.09. The zero-order valence-corrected chi connectivity index (χ0v) is 10.4. The van der Waals surface area contributed by atoms with Gasteiger partial charge in [0, 0.05) is 17.5 Å². The molecule has 0 amide bonds. The summed E-state index contributed by atoms with van der Waals surface area (Å²) in [7, 11) is 0. The number of ether oxygens (including phenoxy) is 3. The molecular formula is C13H17NO4. The van der Waals surface area contributed by atoms with Gasteiger partial charge >= 0.3 is 5.97 Å². The molecule has 4 heterocycles. The highest BCUT2D eigenvalue weighted by atomic mass is 16.9. The molecule has 0 aromatic carbocycles. The van der Waals surface area contributed by atoms with Crippen LogP contribution in [0, 0.1) is 10.6 Å². The SMILES string of the molecule is CCCC12COC(c3cc[n+]([O-])cc3)(OC1)OC2. The van der Waals surface area contributed by atoms with Gasteiger partial charge in [-0.1, -0.05) is 13.3 Å². The summed E-state index contributed by atoms with van der Waals surface area (Å²) in [6.07, 6.45) is 4.97. The maximum absolute atomic E-state index is 11.0. The van der Waals surface area contributed by atoms with Gasteiger partial charge in [0.05, 0.1) is 25.4 Å². The number of nitrogens with zero attached hydrogens (tertiary/aromatic N) is 1. The molecule has 3 saturated heterocycles. The Labute approximate surface area is 106 Å². The van der Waals surface area contributed by atoms with Crippen molar-refractivity contribution in [2.75, 3.05) is 19.8 Å². The van der Waals surface area contributed by atoms with Gasteiger partial charge in [0.15, 0.2) is 12.4 Å². The minimum atomic E-state index is -1.11. The van der Waals surface area contributed by atoms with Crippen molar-refractivity contribution < 1.29 is 18.9 Å². The highest BCUT2D eigenvalue weighted by Crippen LogP contribution is 2.45. The van der Waals surface area contributed by atoms with Crippen LogP contribution in [-0.4, -0.2) is 19.8 Å². The predicted molar refractivity (Wildman–Crippen MR) is 62.3 cm³/mol. The molecule has 0 spiro atoms. The maximum atomic E-state index is 11.0. The fraction of sp³-hybridized carbons (Fsp3) is 0.615. The van der Waals surface area contributed by atoms with E-state index in [1.54, 1.807) is 12.1 Å². The summed E-state index contributed by atoms with van der Waals surface area (Å²) in [5.74, 6) is -1.11. The second kappa shape index (κ2) is 4.19. The van der Waals surface area contributed by atoms with E-state index >= 15 is 0 Å². The van der Waals surface area contributed by atoms with Crippen LogP contribution in [0.1, 0.15) is 25.3 Å². The van der Waals surface area contributed by atoms with Crippen LogP contribution in [0.2, 0.25) is 0 Å². The zero-order chi connectivity index (χ0) is 12.6. The average molecular weight is 251 g/mol. The molecular weight excluding hydrogens is 234 g/mol. The molecule has 0 unspecified atom stereocenters. The third-order valence-corrected chi connectivity index (χ3v) is 3.64. The second-order valence-corrected chi connectivity index (χ2v) is 5.12. The van der Waals surface area contributed by atoms with Crippen LogP contribution >= 0.6 is 0 Å². The molecule has 98 valence electrons. The molecule has 0 radical (unpaired) electrons. The number of aromatic nitrogens is 1. The fourth-order valence-electron chi connectivity index (χ4n) is 2.61. The van der Waals surface area contributed by atoms with Crippen LogP contribution in [0.15, 0.2) is 24.5 Å². The van der Waals surface area contributed by atoms with E-state index in [9.17, 15) is 5.21 Å². The Bertz CT molecular complexity index is 407. The van der Waals surface area contributed by atoms with Gasteiger partial charge in [0.2, 0.25) is 0 Å². The van der Waals surface area contributed by atoms with Crippen LogP contribution in [0.3, 0.4) is 0 Å². The van der Waals surface area contributed by atoms with Gasteiger partial charge in [0.1, 0.15) is 0 Å². The minimum Gasteiger partial charge on any atom is -0.619 e. The number of pyridine rings is 1. The van der Waals surface area contributed by atoms with Gasteiger partial charge in [-0.15, -0.1) is 0 Å². The molecule has 3 aliphatic heterocycles. The Balaban J connectivity index is 1.82. The van der Waals surface area contributed by atoms with Crippen molar-refractivity contribution in [3.05, 3.63) is 35.3 Å². The fourth-order valence-corrected chi connectivity index (χ4v) is 2.61. The van der Waals surface area contributed by atoms with Gasteiger partial charge < -0.3 is 19.4 Å². The number of hydrogen-bond donors (Lipinski definition) is 0. The standard InChI is InChI=1S/C13H17NO4/c1-2-5-12-8-16-13(17-9-12,18-10-12)11-3-6-14(15)7-4-11/h3-4,6-7H,2,5,8-10H2,1H3. The average Bonchev–Trinajstić information content (AvgIpc) is 2.42. The molecule has 3 fully saturated rings. The van der Waals surface area contributed by atoms with Gasteiger partial charge in [0.25, 0.3) is 0 Å². The molecule has 2 bridgehead atoms. The highest BCUT2D eigenvalue weighted by molar-refractivity contribution is 5.14. The lowest BCUT2D eigenvalue weighted by molar-refractivity contribution is -0.606. The Morgan fingerprint density at radius 2 is 1.72 bits per heavy atom. The molecule has 1 aromatic rings. The number of fused-ring (bicyclic) bond motifs is 3. The van der Waals surface area contributed by atoms with Gasteiger partial charge in [-0.25, -0.2) is 0 Å². The van der Waals surface area contributed by atoms with E-state index in [-0.39, 0.29) is 5.41 Å². The molecule has 18 heavy (non-hydrogen) atoms. The number of hydrogen-bond acceptors (Lipinski definition) is 4. The molecule has 0 N–H and O–H groups in total. The van der Waals surface area contributed by atoms with Crippen LogP contribution in [-0.2, 0) is 20.2 Å². The third-order valence-electron chi connectivity index (χ3n) is 3.64. The summed E-state index contributed by atoms with van der Waals surface area (Å²) in [5.41, 5.74) is 0.739.